The first kappa shape index (κ1) is 108. The van der Waals surface area contributed by atoms with Gasteiger partial charge in [-0.2, -0.15) is 0 Å². The molecule has 10 N–H and O–H groups in total. The summed E-state index contributed by atoms with van der Waals surface area (Å²) >= 11 is 0. The Hall–Kier alpha value is -2.79. The Morgan fingerprint density at radius 2 is 0.692 bits per heavy atom. The van der Waals surface area contributed by atoms with Crippen LogP contribution in [0.5, 0.6) is 0 Å². The zero-order chi connectivity index (χ0) is 85.5. The van der Waals surface area contributed by atoms with Crippen LogP contribution in [0.1, 0.15) is 407 Å². The molecular formula is C91H169O25P. The van der Waals surface area contributed by atoms with Gasteiger partial charge in [-0.05, 0) is 57.3 Å². The predicted octanol–water partition coefficient (Wildman–Crippen LogP) is 17.4. The number of phosphoric acid groups is 1. The number of ether oxygens (including phenoxy) is 8. The Bertz CT molecular complexity index is 2500. The molecule has 1 saturated carbocycles. The van der Waals surface area contributed by atoms with Crippen LogP contribution in [0.4, 0.5) is 0 Å². The lowest BCUT2D eigenvalue weighted by Crippen LogP contribution is -2.70. The second kappa shape index (κ2) is 69.5. The average Bonchev–Trinajstić information content (AvgIpc) is 0.754. The van der Waals surface area contributed by atoms with Crippen molar-refractivity contribution in [1.29, 1.82) is 0 Å². The Kier molecular flexibility index (Phi) is 64.4. The lowest BCUT2D eigenvalue weighted by Gasteiger charge is -2.50. The van der Waals surface area contributed by atoms with Gasteiger partial charge in [0.25, 0.3) is 0 Å². The Labute approximate surface area is 705 Å². The summed E-state index contributed by atoms with van der Waals surface area (Å²) in [6.07, 6.45) is 26.5. The molecule has 26 heteroatoms. The third-order valence-corrected chi connectivity index (χ3v) is 24.4. The fraction of sp³-hybridized carbons (Fsp3) is 0.934. The molecule has 2 aliphatic heterocycles. The number of phosphoric ester groups is 1. The van der Waals surface area contributed by atoms with Crippen LogP contribution in [0.15, 0.2) is 12.2 Å². The molecule has 1 aliphatic carbocycles. The molecule has 0 amide bonds. The lowest BCUT2D eigenvalue weighted by molar-refractivity contribution is -0.360. The van der Waals surface area contributed by atoms with Gasteiger partial charge in [-0.25, -0.2) is 4.57 Å². The molecule has 3 rings (SSSR count). The van der Waals surface area contributed by atoms with E-state index < -0.39 is 162 Å². The summed E-state index contributed by atoms with van der Waals surface area (Å²) in [6, 6.07) is 0. The van der Waals surface area contributed by atoms with Gasteiger partial charge in [-0.1, -0.05) is 342 Å². The fourth-order valence-electron chi connectivity index (χ4n) is 15.8. The number of rotatable bonds is 76. The van der Waals surface area contributed by atoms with E-state index >= 15 is 0 Å². The van der Waals surface area contributed by atoms with Crippen LogP contribution in [-0.4, -0.2) is 205 Å². The fourth-order valence-corrected chi connectivity index (χ4v) is 16.8. The molecule has 0 bridgehead atoms. The number of aliphatic hydroxyl groups is 9. The van der Waals surface area contributed by atoms with Gasteiger partial charge >= 0.3 is 31.7 Å². The minimum Gasteiger partial charge on any atom is -0.463 e. The third kappa shape index (κ3) is 50.1. The number of carbonyl (C=O) groups is 4. The van der Waals surface area contributed by atoms with Crippen molar-refractivity contribution in [2.45, 2.75) is 511 Å². The maximum atomic E-state index is 14.9. The van der Waals surface area contributed by atoms with Crippen molar-refractivity contribution < 1.29 is 122 Å². The van der Waals surface area contributed by atoms with Crippen LogP contribution < -0.4 is 0 Å². The molecule has 117 heavy (non-hydrogen) atoms. The molecule has 0 radical (unpaired) electrons. The minimum absolute atomic E-state index is 0.0182. The zero-order valence-electron chi connectivity index (χ0n) is 73.4. The first-order valence-electron chi connectivity index (χ1n) is 47.3. The summed E-state index contributed by atoms with van der Waals surface area (Å²) < 4.78 is 73.4. The quantitative estimate of drug-likeness (QED) is 0.00889. The summed E-state index contributed by atoms with van der Waals surface area (Å²) in [6.45, 7) is 7.92. The molecule has 25 nitrogen and oxygen atoms in total. The number of unbranched alkanes of at least 4 members (excludes halogenated alkanes) is 46. The monoisotopic (exact) mass is 1690 g/mol. The van der Waals surface area contributed by atoms with Crippen molar-refractivity contribution in [3.63, 3.8) is 0 Å². The normalized spacial score (nSPS) is 25.3. The number of esters is 4. The highest BCUT2D eigenvalue weighted by molar-refractivity contribution is 7.47. The largest absolute Gasteiger partial charge is 0.472 e. The van der Waals surface area contributed by atoms with Crippen molar-refractivity contribution in [2.75, 3.05) is 26.4 Å². The van der Waals surface area contributed by atoms with E-state index in [1.54, 1.807) is 0 Å². The molecule has 0 spiro atoms. The summed E-state index contributed by atoms with van der Waals surface area (Å²) in [4.78, 5) is 66.5. The molecule has 2 saturated heterocycles. The van der Waals surface area contributed by atoms with Gasteiger partial charge in [0.15, 0.2) is 24.8 Å². The van der Waals surface area contributed by atoms with Crippen LogP contribution in [0.25, 0.3) is 0 Å². The lowest BCUT2D eigenvalue weighted by atomic mass is 9.84. The molecule has 0 aromatic carbocycles. The van der Waals surface area contributed by atoms with E-state index in [2.05, 4.69) is 46.8 Å². The van der Waals surface area contributed by atoms with Crippen LogP contribution in [0.3, 0.4) is 0 Å². The zero-order valence-corrected chi connectivity index (χ0v) is 74.3. The van der Waals surface area contributed by atoms with Gasteiger partial charge in [-0.3, -0.25) is 28.2 Å². The molecule has 3 fully saturated rings. The first-order chi connectivity index (χ1) is 56.6. The van der Waals surface area contributed by atoms with Crippen LogP contribution in [0, 0.1) is 5.92 Å². The smallest absolute Gasteiger partial charge is 0.463 e. The number of carbonyl (C=O) groups excluding carboxylic acids is 4. The van der Waals surface area contributed by atoms with Gasteiger partial charge in [0.1, 0.15) is 92.6 Å². The van der Waals surface area contributed by atoms with E-state index in [4.69, 9.17) is 46.9 Å². The van der Waals surface area contributed by atoms with Crippen molar-refractivity contribution in [2.24, 2.45) is 5.92 Å². The molecule has 688 valence electrons. The summed E-state index contributed by atoms with van der Waals surface area (Å²) in [5, 5.41) is 102. The van der Waals surface area contributed by atoms with Gasteiger partial charge in [0, 0.05) is 25.7 Å². The Morgan fingerprint density at radius 1 is 0.359 bits per heavy atom. The van der Waals surface area contributed by atoms with Crippen molar-refractivity contribution in [3.05, 3.63) is 12.2 Å². The topological polar surface area (TPSA) is 380 Å². The average molecular weight is 1690 g/mol. The number of hydrogen-bond acceptors (Lipinski definition) is 24. The number of allylic oxidation sites excluding steroid dienone is 2. The molecule has 0 aromatic rings. The van der Waals surface area contributed by atoms with E-state index in [-0.39, 0.29) is 25.7 Å². The molecule has 19 unspecified atom stereocenters. The van der Waals surface area contributed by atoms with E-state index in [9.17, 15) is 74.6 Å². The summed E-state index contributed by atoms with van der Waals surface area (Å²) in [5.74, 6) is -2.29. The summed E-state index contributed by atoms with van der Waals surface area (Å²) in [7, 11) is -5.81. The standard InChI is InChI=1S/C91H169O25P/c1-6-10-14-18-22-25-28-31-32-33-36-37-40-43-50-57-63-75(94)108-69-73-79(98)81(100)85(104)91(112-73)115-88-86(113-77(96)65-59-53-45-42-39-35-30-27-24-20-16-12-8-3)82(101)83(102)87(114-90-84(103)80(99)78(97)72(66-92)111-90)89(88)116-117(105,106)109-68-71(110-76(95)64-58-52-44-41-38-34-29-26-23-19-15-11-7-2)67-107-74(93)62-56-51-47-46-49-55-61-70(5)60-54-48-21-17-13-9-4/h34,38,70-73,78-92,97-104H,6-33,35-37,39-69H2,1-5H3,(H,105,106)/b38-34-. The predicted molar refractivity (Wildman–Crippen MR) is 453 cm³/mol. The van der Waals surface area contributed by atoms with Crippen molar-refractivity contribution in [3.8, 4) is 0 Å². The van der Waals surface area contributed by atoms with E-state index in [0.717, 1.165) is 122 Å². The van der Waals surface area contributed by atoms with Crippen LogP contribution in [-0.2, 0) is 70.7 Å². The van der Waals surface area contributed by atoms with Gasteiger partial charge < -0.3 is 88.7 Å². The van der Waals surface area contributed by atoms with Crippen LogP contribution >= 0.6 is 7.82 Å². The maximum Gasteiger partial charge on any atom is 0.472 e. The number of aliphatic hydroxyl groups excluding tert-OH is 9. The minimum atomic E-state index is -5.81. The second-order valence-corrected chi connectivity index (χ2v) is 35.6. The van der Waals surface area contributed by atoms with E-state index in [0.29, 0.717) is 44.4 Å². The molecule has 19 atom stereocenters. The van der Waals surface area contributed by atoms with E-state index in [1.807, 2.05) is 0 Å². The SMILES string of the molecule is CCCCCCCC/C=C\CCCCCC(=O)OC(COC(=O)CCCCCCCCC(C)CCCCCCCC)COP(=O)(O)OC1C(OC2OC(CO)C(O)C(O)C2O)C(O)C(O)C(OC(=O)CCCCCCCCCCCCCCC)C1OC1OC(COC(=O)CCCCCCCCCCCCCCCCCC)C(O)C(O)C1O. The highest BCUT2D eigenvalue weighted by Gasteiger charge is 2.60. The molecule has 3 aliphatic rings. The van der Waals surface area contributed by atoms with Crippen molar-refractivity contribution in [1.82, 2.24) is 0 Å². The molecule has 0 aromatic heterocycles. The molecule has 2 heterocycles. The van der Waals surface area contributed by atoms with E-state index in [1.165, 1.54) is 186 Å². The molecular weight excluding hydrogens is 1520 g/mol. The second-order valence-electron chi connectivity index (χ2n) is 34.2. The Balaban J connectivity index is 1.91. The highest BCUT2D eigenvalue weighted by atomic mass is 31.2. The number of hydrogen-bond donors (Lipinski definition) is 10. The van der Waals surface area contributed by atoms with Gasteiger partial charge in [0.2, 0.25) is 0 Å². The third-order valence-electron chi connectivity index (χ3n) is 23.4. The van der Waals surface area contributed by atoms with Crippen molar-refractivity contribution >= 4 is 31.7 Å². The first-order valence-corrected chi connectivity index (χ1v) is 48.8. The van der Waals surface area contributed by atoms with Gasteiger partial charge in [-0.15, -0.1) is 0 Å². The highest BCUT2D eigenvalue weighted by Crippen LogP contribution is 2.49. The van der Waals surface area contributed by atoms with Gasteiger partial charge in [0.05, 0.1) is 13.2 Å². The van der Waals surface area contributed by atoms with Crippen LogP contribution in [0.2, 0.25) is 0 Å². The summed E-state index contributed by atoms with van der Waals surface area (Å²) in [5.41, 5.74) is 0. The Morgan fingerprint density at radius 3 is 1.11 bits per heavy atom. The maximum absolute atomic E-state index is 14.9.